The van der Waals surface area contributed by atoms with Crippen molar-refractivity contribution in [3.63, 3.8) is 0 Å². The molecule has 4 aromatic rings. The summed E-state index contributed by atoms with van der Waals surface area (Å²) in [6, 6.07) is 5.60. The van der Waals surface area contributed by atoms with Crippen molar-refractivity contribution >= 4 is 33.6 Å². The zero-order valence-electron chi connectivity index (χ0n) is 17.8. The molecule has 174 valence electrons. The molecule has 0 amide bonds. The highest BCUT2D eigenvalue weighted by Crippen LogP contribution is 2.37. The third-order valence-electron chi connectivity index (χ3n) is 5.89. The summed E-state index contributed by atoms with van der Waals surface area (Å²) < 4.78 is 45.4. The predicted molar refractivity (Wildman–Crippen MR) is 119 cm³/mol. The Morgan fingerprint density at radius 1 is 1.29 bits per heavy atom. The molecule has 0 spiro atoms. The van der Waals surface area contributed by atoms with Gasteiger partial charge in [-0.15, -0.1) is 14.9 Å². The molecule has 0 saturated heterocycles. The van der Waals surface area contributed by atoms with Crippen LogP contribution in [0.2, 0.25) is 0 Å². The van der Waals surface area contributed by atoms with Crippen LogP contribution in [0.25, 0.3) is 21.7 Å². The molecule has 6 rings (SSSR count). The van der Waals surface area contributed by atoms with E-state index in [1.807, 2.05) is 13.2 Å². The van der Waals surface area contributed by atoms with E-state index in [1.54, 1.807) is 23.0 Å². The molecule has 1 aromatic carbocycles. The van der Waals surface area contributed by atoms with E-state index in [2.05, 4.69) is 31.0 Å². The van der Waals surface area contributed by atoms with Crippen LogP contribution in [0.15, 0.2) is 29.4 Å². The molecular formula is C20H17F2N9OS2. The average molecular weight is 502 g/mol. The number of nitriles is 1. The van der Waals surface area contributed by atoms with E-state index in [-0.39, 0.29) is 5.13 Å². The fourth-order valence-corrected chi connectivity index (χ4v) is 5.80. The third kappa shape index (κ3) is 3.56. The Kier molecular flexibility index (Phi) is 4.94. The molecule has 1 atom stereocenters. The molecule has 1 N–H and O–H groups in total. The minimum Gasteiger partial charge on any atom is -0.593 e. The molecule has 10 nitrogen and oxygen atoms in total. The number of benzene rings is 1. The molecule has 1 aliphatic heterocycles. The molecule has 1 unspecified atom stereocenters. The Balaban J connectivity index is 1.49. The number of hydrogen-bond donors (Lipinski definition) is 1. The Morgan fingerprint density at radius 3 is 2.79 bits per heavy atom. The van der Waals surface area contributed by atoms with E-state index in [0.29, 0.717) is 34.3 Å². The van der Waals surface area contributed by atoms with E-state index in [9.17, 15) is 18.6 Å². The quantitative estimate of drug-likeness (QED) is 0.400. The predicted octanol–water partition coefficient (Wildman–Crippen LogP) is 2.61. The fraction of sp³-hybridized carbons (Fsp3) is 0.350. The first-order valence-corrected chi connectivity index (χ1v) is 12.3. The number of alkyl halides is 2. The number of nitrogens with one attached hydrogen (secondary N) is 1. The van der Waals surface area contributed by atoms with Gasteiger partial charge in [0.1, 0.15) is 5.54 Å². The summed E-state index contributed by atoms with van der Waals surface area (Å²) in [6.45, 7) is 1.50. The third-order valence-corrected chi connectivity index (χ3v) is 8.03. The Hall–Kier alpha value is -2.96. The lowest BCUT2D eigenvalue weighted by Crippen LogP contribution is -2.35. The van der Waals surface area contributed by atoms with E-state index >= 15 is 0 Å². The van der Waals surface area contributed by atoms with Gasteiger partial charge in [0.25, 0.3) is 6.43 Å². The Labute approximate surface area is 199 Å². The fourth-order valence-electron chi connectivity index (χ4n) is 3.97. The second-order valence-corrected chi connectivity index (χ2v) is 10.6. The van der Waals surface area contributed by atoms with Gasteiger partial charge >= 0.3 is 0 Å². The second-order valence-electron chi connectivity index (χ2n) is 8.44. The normalized spacial score (nSPS) is 17.9. The topological polar surface area (TPSA) is 124 Å². The first-order valence-electron chi connectivity index (χ1n) is 10.4. The van der Waals surface area contributed by atoms with Crippen molar-refractivity contribution in [3.05, 3.63) is 40.8 Å². The highest BCUT2D eigenvalue weighted by molar-refractivity contribution is 7.89. The van der Waals surface area contributed by atoms with Crippen molar-refractivity contribution in [3.8, 4) is 16.9 Å². The minimum absolute atomic E-state index is 0.174. The average Bonchev–Trinajstić information content (AvgIpc) is 3.22. The van der Waals surface area contributed by atoms with Crippen molar-refractivity contribution in [2.75, 3.05) is 7.05 Å². The van der Waals surface area contributed by atoms with Gasteiger partial charge in [-0.25, -0.2) is 18.1 Å². The van der Waals surface area contributed by atoms with Gasteiger partial charge in [0.15, 0.2) is 9.90 Å². The van der Waals surface area contributed by atoms with Crippen LogP contribution in [0.3, 0.4) is 0 Å². The van der Waals surface area contributed by atoms with Crippen molar-refractivity contribution in [2.45, 2.75) is 42.8 Å². The monoisotopic (exact) mass is 501 g/mol. The zero-order chi connectivity index (χ0) is 23.6. The lowest BCUT2D eigenvalue weighted by atomic mass is 10.2. The maximum absolute atomic E-state index is 13.2. The van der Waals surface area contributed by atoms with Gasteiger partial charge in [-0.3, -0.25) is 4.90 Å². The molecule has 34 heavy (non-hydrogen) atoms. The minimum atomic E-state index is -2.73. The summed E-state index contributed by atoms with van der Waals surface area (Å²) in [5.74, 6) is 0. The van der Waals surface area contributed by atoms with Crippen LogP contribution in [-0.2, 0) is 24.5 Å². The molecule has 4 heterocycles. The van der Waals surface area contributed by atoms with Gasteiger partial charge in [0.05, 0.1) is 40.5 Å². The van der Waals surface area contributed by atoms with Crippen molar-refractivity contribution < 1.29 is 13.3 Å². The molecule has 14 heteroatoms. The number of aromatic nitrogens is 6. The van der Waals surface area contributed by atoms with E-state index < -0.39 is 28.3 Å². The van der Waals surface area contributed by atoms with Gasteiger partial charge < -0.3 is 4.55 Å². The Bertz CT molecular complexity index is 1430. The summed E-state index contributed by atoms with van der Waals surface area (Å²) in [4.78, 5) is 2.56. The van der Waals surface area contributed by atoms with Crippen LogP contribution < -0.4 is 4.72 Å². The molecule has 1 saturated carbocycles. The molecule has 0 radical (unpaired) electrons. The Morgan fingerprint density at radius 2 is 2.12 bits per heavy atom. The maximum Gasteiger partial charge on any atom is 0.291 e. The standard InChI is InChI=1S/C20H17F2N9OS2/c1-29-7-11-8-30(27-14(11)9-29)15-4-12(34(32)28-20(10-23)2-3-20)5-16-13(15)6-24-31(16)19-26-25-18(33-19)17(21)22/h4-6,8,17,28H,2-3,7,9H2,1H3. The smallest absolute Gasteiger partial charge is 0.291 e. The maximum atomic E-state index is 13.2. The van der Waals surface area contributed by atoms with Crippen LogP contribution in [0.5, 0.6) is 0 Å². The number of fused-ring (bicyclic) bond motifs is 2. The summed E-state index contributed by atoms with van der Waals surface area (Å²) in [5, 5.41) is 26.3. The summed E-state index contributed by atoms with van der Waals surface area (Å²) >= 11 is -0.950. The highest BCUT2D eigenvalue weighted by atomic mass is 32.2. The molecule has 2 aliphatic rings. The number of rotatable bonds is 6. The van der Waals surface area contributed by atoms with Crippen LogP contribution in [-0.4, -0.2) is 51.8 Å². The summed E-state index contributed by atoms with van der Waals surface area (Å²) in [5.41, 5.74) is 2.43. The van der Waals surface area contributed by atoms with Crippen LogP contribution in [0, 0.1) is 11.3 Å². The van der Waals surface area contributed by atoms with Crippen LogP contribution in [0.4, 0.5) is 8.78 Å². The van der Waals surface area contributed by atoms with Gasteiger partial charge in [0.2, 0.25) is 5.13 Å². The zero-order valence-corrected chi connectivity index (χ0v) is 19.4. The van der Waals surface area contributed by atoms with Gasteiger partial charge in [-0.05, 0) is 19.9 Å². The molecule has 1 fully saturated rings. The van der Waals surface area contributed by atoms with Crippen LogP contribution in [0.1, 0.15) is 35.5 Å². The molecule has 0 bridgehead atoms. The number of halogens is 2. The second kappa shape index (κ2) is 7.79. The largest absolute Gasteiger partial charge is 0.593 e. The number of hydrogen-bond acceptors (Lipinski definition) is 9. The molecular weight excluding hydrogens is 484 g/mol. The van der Waals surface area contributed by atoms with Crippen molar-refractivity contribution in [1.29, 1.82) is 5.26 Å². The highest BCUT2D eigenvalue weighted by Gasteiger charge is 2.48. The van der Waals surface area contributed by atoms with E-state index in [0.717, 1.165) is 35.7 Å². The SMILES string of the molecule is CN1Cc2cn(-c3cc([S+]([O-])NC4(C#N)CC4)cc4c3cnn4-c3nnc(C(F)F)s3)nc2C1. The van der Waals surface area contributed by atoms with Crippen LogP contribution >= 0.6 is 11.3 Å². The number of nitrogens with zero attached hydrogens (tertiary/aromatic N) is 8. The lowest BCUT2D eigenvalue weighted by molar-refractivity contribution is 0.150. The summed E-state index contributed by atoms with van der Waals surface area (Å²) in [7, 11) is 2.02. The first-order chi connectivity index (χ1) is 16.4. The van der Waals surface area contributed by atoms with Crippen molar-refractivity contribution in [2.24, 2.45) is 0 Å². The summed E-state index contributed by atoms with van der Waals surface area (Å²) in [6.07, 6.45) is 2.06. The first kappa shape index (κ1) is 21.6. The van der Waals surface area contributed by atoms with Crippen molar-refractivity contribution in [1.82, 2.24) is 39.4 Å². The van der Waals surface area contributed by atoms with Gasteiger partial charge in [0, 0.05) is 42.4 Å². The van der Waals surface area contributed by atoms with Gasteiger partial charge in [-0.2, -0.15) is 15.5 Å². The lowest BCUT2D eigenvalue weighted by Gasteiger charge is -2.15. The molecule has 3 aromatic heterocycles. The van der Waals surface area contributed by atoms with E-state index in [1.165, 1.54) is 4.68 Å². The van der Waals surface area contributed by atoms with Gasteiger partial charge in [-0.1, -0.05) is 11.3 Å². The van der Waals surface area contributed by atoms with E-state index in [4.69, 9.17) is 5.10 Å². The molecule has 1 aliphatic carbocycles.